The SMILES string of the molecule is C1=CC(C2C=CC(c3ccccc3)NO2)=CCC1. The number of nitrogens with one attached hydrogen (secondary N) is 1. The quantitative estimate of drug-likeness (QED) is 0.798. The molecule has 1 aromatic carbocycles. The van der Waals surface area contributed by atoms with Crippen LogP contribution in [0.4, 0.5) is 0 Å². The Kier molecular flexibility index (Phi) is 3.40. The summed E-state index contributed by atoms with van der Waals surface area (Å²) in [5, 5.41) is 0. The Balaban J connectivity index is 1.72. The van der Waals surface area contributed by atoms with Crippen molar-refractivity contribution in [2.24, 2.45) is 0 Å². The van der Waals surface area contributed by atoms with E-state index in [9.17, 15) is 0 Å². The average Bonchev–Trinajstić information content (AvgIpc) is 2.49. The van der Waals surface area contributed by atoms with Gasteiger partial charge in [-0.3, -0.25) is 4.84 Å². The van der Waals surface area contributed by atoms with E-state index in [-0.39, 0.29) is 12.1 Å². The maximum Gasteiger partial charge on any atom is 0.122 e. The number of allylic oxidation sites excluding steroid dienone is 2. The Morgan fingerprint density at radius 1 is 1.06 bits per heavy atom. The van der Waals surface area contributed by atoms with E-state index in [1.165, 1.54) is 11.1 Å². The molecular weight excluding hydrogens is 222 g/mol. The van der Waals surface area contributed by atoms with Crippen LogP contribution in [0.25, 0.3) is 0 Å². The third-order valence-electron chi connectivity index (χ3n) is 3.31. The first kappa shape index (κ1) is 11.5. The van der Waals surface area contributed by atoms with Gasteiger partial charge < -0.3 is 0 Å². The van der Waals surface area contributed by atoms with Gasteiger partial charge in [0.2, 0.25) is 0 Å². The minimum Gasteiger partial charge on any atom is -0.289 e. The first-order valence-corrected chi connectivity index (χ1v) is 6.44. The van der Waals surface area contributed by atoms with Crippen LogP contribution < -0.4 is 5.48 Å². The lowest BCUT2D eigenvalue weighted by Crippen LogP contribution is -2.31. The summed E-state index contributed by atoms with van der Waals surface area (Å²) in [6, 6.07) is 10.5. The van der Waals surface area contributed by atoms with Gasteiger partial charge in [-0.1, -0.05) is 60.7 Å². The van der Waals surface area contributed by atoms with Crippen molar-refractivity contribution in [2.45, 2.75) is 25.0 Å². The molecule has 18 heavy (non-hydrogen) atoms. The first-order chi connectivity index (χ1) is 8.93. The number of hydrogen-bond donors (Lipinski definition) is 1. The van der Waals surface area contributed by atoms with E-state index < -0.39 is 0 Å². The number of hydrogen-bond acceptors (Lipinski definition) is 2. The van der Waals surface area contributed by atoms with E-state index in [1.807, 2.05) is 18.2 Å². The summed E-state index contributed by atoms with van der Waals surface area (Å²) in [4.78, 5) is 5.73. The number of rotatable bonds is 2. The van der Waals surface area contributed by atoms with E-state index in [0.717, 1.165) is 12.8 Å². The third-order valence-corrected chi connectivity index (χ3v) is 3.31. The van der Waals surface area contributed by atoms with Crippen LogP contribution >= 0.6 is 0 Å². The van der Waals surface area contributed by atoms with Gasteiger partial charge >= 0.3 is 0 Å². The topological polar surface area (TPSA) is 21.3 Å². The van der Waals surface area contributed by atoms with Crippen molar-refractivity contribution >= 4 is 0 Å². The monoisotopic (exact) mass is 239 g/mol. The van der Waals surface area contributed by atoms with Gasteiger partial charge in [0.05, 0.1) is 6.04 Å². The molecule has 0 fully saturated rings. The van der Waals surface area contributed by atoms with E-state index >= 15 is 0 Å². The molecule has 2 atom stereocenters. The van der Waals surface area contributed by atoms with E-state index in [1.54, 1.807) is 0 Å². The molecule has 2 unspecified atom stereocenters. The summed E-state index contributed by atoms with van der Waals surface area (Å²) in [6.45, 7) is 0. The Labute approximate surface area is 108 Å². The molecule has 2 nitrogen and oxygen atoms in total. The van der Waals surface area contributed by atoms with Crippen LogP contribution in [-0.4, -0.2) is 6.10 Å². The molecule has 2 heteroatoms. The molecule has 92 valence electrons. The molecule has 0 radical (unpaired) electrons. The van der Waals surface area contributed by atoms with Gasteiger partial charge in [0.15, 0.2) is 0 Å². The zero-order valence-corrected chi connectivity index (χ0v) is 10.3. The highest BCUT2D eigenvalue weighted by molar-refractivity contribution is 5.32. The maximum absolute atomic E-state index is 5.73. The Morgan fingerprint density at radius 2 is 1.94 bits per heavy atom. The van der Waals surface area contributed by atoms with Crippen LogP contribution in [0.2, 0.25) is 0 Å². The van der Waals surface area contributed by atoms with E-state index in [0.29, 0.717) is 0 Å². The van der Waals surface area contributed by atoms with Crippen LogP contribution in [0, 0.1) is 0 Å². The van der Waals surface area contributed by atoms with E-state index in [4.69, 9.17) is 4.84 Å². The lowest BCUT2D eigenvalue weighted by Gasteiger charge is -2.26. The molecule has 0 saturated carbocycles. The van der Waals surface area contributed by atoms with Crippen molar-refractivity contribution < 1.29 is 4.84 Å². The molecule has 0 saturated heterocycles. The van der Waals surface area contributed by atoms with Crippen LogP contribution in [0.1, 0.15) is 24.4 Å². The van der Waals surface area contributed by atoms with Crippen molar-refractivity contribution in [2.75, 3.05) is 0 Å². The van der Waals surface area contributed by atoms with Gasteiger partial charge in [0.25, 0.3) is 0 Å². The Morgan fingerprint density at radius 3 is 2.61 bits per heavy atom. The molecule has 1 aliphatic heterocycles. The minimum atomic E-state index is 0.0431. The largest absolute Gasteiger partial charge is 0.289 e. The summed E-state index contributed by atoms with van der Waals surface area (Å²) >= 11 is 0. The van der Waals surface area contributed by atoms with Gasteiger partial charge in [-0.05, 0) is 24.0 Å². The van der Waals surface area contributed by atoms with Crippen LogP contribution in [0.3, 0.4) is 0 Å². The normalized spacial score (nSPS) is 27.0. The highest BCUT2D eigenvalue weighted by atomic mass is 16.7. The van der Waals surface area contributed by atoms with Crippen molar-refractivity contribution in [3.05, 3.63) is 71.8 Å². The Hall–Kier alpha value is -1.64. The lowest BCUT2D eigenvalue weighted by atomic mass is 9.99. The van der Waals surface area contributed by atoms with Gasteiger partial charge in [0, 0.05) is 0 Å². The summed E-state index contributed by atoms with van der Waals surface area (Å²) < 4.78 is 0. The average molecular weight is 239 g/mol. The molecule has 0 bridgehead atoms. The molecule has 2 aliphatic rings. The fourth-order valence-corrected chi connectivity index (χ4v) is 2.30. The minimum absolute atomic E-state index is 0.0431. The molecule has 1 heterocycles. The van der Waals surface area contributed by atoms with Crippen LogP contribution in [0.5, 0.6) is 0 Å². The summed E-state index contributed by atoms with van der Waals surface area (Å²) in [5.41, 5.74) is 5.59. The molecule has 3 rings (SSSR count). The number of hydroxylamine groups is 1. The third kappa shape index (κ3) is 2.45. The molecule has 1 aromatic rings. The molecular formula is C16H17NO. The second kappa shape index (κ2) is 5.34. The molecule has 0 spiro atoms. The molecule has 1 aliphatic carbocycles. The summed E-state index contributed by atoms with van der Waals surface area (Å²) in [5.74, 6) is 0. The van der Waals surface area contributed by atoms with Crippen molar-refractivity contribution in [1.29, 1.82) is 0 Å². The zero-order chi connectivity index (χ0) is 12.2. The predicted molar refractivity (Wildman–Crippen MR) is 72.8 cm³/mol. The van der Waals surface area contributed by atoms with Crippen molar-refractivity contribution in [3.8, 4) is 0 Å². The van der Waals surface area contributed by atoms with Crippen LogP contribution in [-0.2, 0) is 4.84 Å². The van der Waals surface area contributed by atoms with Gasteiger partial charge in [-0.15, -0.1) is 0 Å². The number of benzene rings is 1. The summed E-state index contributed by atoms with van der Waals surface area (Å²) in [7, 11) is 0. The van der Waals surface area contributed by atoms with Crippen molar-refractivity contribution in [3.63, 3.8) is 0 Å². The van der Waals surface area contributed by atoms with Crippen molar-refractivity contribution in [1.82, 2.24) is 5.48 Å². The Bertz CT molecular complexity index is 487. The fourth-order valence-electron chi connectivity index (χ4n) is 2.30. The second-order valence-corrected chi connectivity index (χ2v) is 4.61. The first-order valence-electron chi connectivity index (χ1n) is 6.44. The second-order valence-electron chi connectivity index (χ2n) is 4.61. The maximum atomic E-state index is 5.73. The molecule has 0 aromatic heterocycles. The predicted octanol–water partition coefficient (Wildman–Crippen LogP) is 3.46. The summed E-state index contributed by atoms with van der Waals surface area (Å²) in [6.07, 6.45) is 13.2. The standard InChI is InChI=1S/C16H17NO/c1-3-7-13(8-4-1)15-11-12-16(18-17-15)14-9-5-2-6-10-14/h1,3-5,7-12,15-17H,2,6H2. The zero-order valence-electron chi connectivity index (χ0n) is 10.3. The molecule has 1 N–H and O–H groups in total. The van der Waals surface area contributed by atoms with E-state index in [2.05, 4.69) is 48.0 Å². The highest BCUT2D eigenvalue weighted by Gasteiger charge is 2.19. The smallest absolute Gasteiger partial charge is 0.122 e. The van der Waals surface area contributed by atoms with Gasteiger partial charge in [0.1, 0.15) is 6.10 Å². The fraction of sp³-hybridized carbons (Fsp3) is 0.250. The lowest BCUT2D eigenvalue weighted by molar-refractivity contribution is -0.00441. The van der Waals surface area contributed by atoms with Crippen LogP contribution in [0.15, 0.2) is 66.3 Å². The molecule has 0 amide bonds. The highest BCUT2D eigenvalue weighted by Crippen LogP contribution is 2.23. The van der Waals surface area contributed by atoms with Gasteiger partial charge in [-0.2, -0.15) is 5.48 Å². The van der Waals surface area contributed by atoms with Gasteiger partial charge in [-0.25, -0.2) is 0 Å².